The number of hydrogen-bond acceptors (Lipinski definition) is 4. The number of furan rings is 1. The van der Waals surface area contributed by atoms with Gasteiger partial charge in [-0.1, -0.05) is 6.92 Å². The number of nitrogens with zero attached hydrogens (tertiary/aromatic N) is 1. The molecule has 24 heavy (non-hydrogen) atoms. The lowest BCUT2D eigenvalue weighted by Crippen LogP contribution is -2.44. The summed E-state index contributed by atoms with van der Waals surface area (Å²) < 4.78 is 5.42. The van der Waals surface area contributed by atoms with Crippen molar-refractivity contribution in [2.75, 3.05) is 17.6 Å². The Morgan fingerprint density at radius 3 is 2.96 bits per heavy atom. The lowest BCUT2D eigenvalue weighted by Gasteiger charge is -2.23. The van der Waals surface area contributed by atoms with Gasteiger partial charge >= 0.3 is 0 Å². The van der Waals surface area contributed by atoms with Crippen molar-refractivity contribution in [2.24, 2.45) is 0 Å². The third-order valence-electron chi connectivity index (χ3n) is 4.57. The second-order valence-electron chi connectivity index (χ2n) is 5.95. The van der Waals surface area contributed by atoms with Crippen molar-refractivity contribution in [1.82, 2.24) is 4.90 Å². The standard InChI is InChI=1S/C18H18N2O3S/c1-2-24-15-7-8-20-16(15)17(21)19-13-6-5-11(10-12(13)18(20)22)14-4-3-9-23-14/h3-6,9-10,15-16H,2,7-8H2,1H3,(H,19,21)/t15-,16-/m0/s1. The van der Waals surface area contributed by atoms with Gasteiger partial charge in [0.1, 0.15) is 11.8 Å². The third-order valence-corrected chi connectivity index (χ3v) is 5.82. The minimum atomic E-state index is -0.387. The van der Waals surface area contributed by atoms with Gasteiger partial charge in [-0.05, 0) is 42.5 Å². The molecule has 3 heterocycles. The van der Waals surface area contributed by atoms with E-state index in [2.05, 4.69) is 12.2 Å². The van der Waals surface area contributed by atoms with Gasteiger partial charge in [0.15, 0.2) is 0 Å². The van der Waals surface area contributed by atoms with Crippen LogP contribution >= 0.6 is 11.8 Å². The molecule has 0 spiro atoms. The Bertz CT molecular complexity index is 788. The molecular formula is C18H18N2O3S. The fraction of sp³-hybridized carbons (Fsp3) is 0.333. The van der Waals surface area contributed by atoms with E-state index < -0.39 is 0 Å². The summed E-state index contributed by atoms with van der Waals surface area (Å²) in [6.07, 6.45) is 2.46. The topological polar surface area (TPSA) is 62.6 Å². The molecule has 4 rings (SSSR count). The van der Waals surface area contributed by atoms with E-state index >= 15 is 0 Å². The second-order valence-corrected chi connectivity index (χ2v) is 7.47. The highest BCUT2D eigenvalue weighted by molar-refractivity contribution is 7.99. The first-order chi connectivity index (χ1) is 11.7. The molecule has 124 valence electrons. The molecule has 2 aliphatic heterocycles. The molecule has 0 saturated carbocycles. The van der Waals surface area contributed by atoms with Crippen LogP contribution in [0.25, 0.3) is 11.3 Å². The summed E-state index contributed by atoms with van der Waals surface area (Å²) in [5.74, 6) is 1.47. The largest absolute Gasteiger partial charge is 0.464 e. The van der Waals surface area contributed by atoms with Gasteiger partial charge in [0.2, 0.25) is 5.91 Å². The van der Waals surface area contributed by atoms with Gasteiger partial charge in [0.05, 0.1) is 17.5 Å². The van der Waals surface area contributed by atoms with Gasteiger partial charge in [0.25, 0.3) is 5.91 Å². The zero-order valence-electron chi connectivity index (χ0n) is 13.3. The Hall–Kier alpha value is -2.21. The number of fused-ring (bicyclic) bond motifs is 2. The number of anilines is 1. The zero-order chi connectivity index (χ0) is 16.7. The second kappa shape index (κ2) is 6.02. The predicted molar refractivity (Wildman–Crippen MR) is 94.1 cm³/mol. The summed E-state index contributed by atoms with van der Waals surface area (Å²) in [6, 6.07) is 8.73. The van der Waals surface area contributed by atoms with Gasteiger partial charge in [0, 0.05) is 17.4 Å². The highest BCUT2D eigenvalue weighted by Crippen LogP contribution is 2.35. The fourth-order valence-electron chi connectivity index (χ4n) is 3.48. The first-order valence-electron chi connectivity index (χ1n) is 8.10. The SMILES string of the molecule is CCS[C@H]1CCN2C(=O)c3cc(-c4ccco4)ccc3NC(=O)[C@H]12. The number of carbonyl (C=O) groups excluding carboxylic acids is 2. The molecule has 6 heteroatoms. The number of thioether (sulfide) groups is 1. The van der Waals surface area contributed by atoms with E-state index in [0.29, 0.717) is 23.6 Å². The van der Waals surface area contributed by atoms with Crippen molar-refractivity contribution in [3.8, 4) is 11.3 Å². The highest BCUT2D eigenvalue weighted by atomic mass is 32.2. The minimum absolute atomic E-state index is 0.0824. The van der Waals surface area contributed by atoms with E-state index in [1.165, 1.54) is 0 Å². The van der Waals surface area contributed by atoms with Crippen molar-refractivity contribution in [2.45, 2.75) is 24.6 Å². The van der Waals surface area contributed by atoms with Crippen LogP contribution in [-0.2, 0) is 4.79 Å². The molecule has 1 fully saturated rings. The van der Waals surface area contributed by atoms with Gasteiger partial charge in [-0.15, -0.1) is 0 Å². The number of rotatable bonds is 3. The van der Waals surface area contributed by atoms with Crippen molar-refractivity contribution in [3.05, 3.63) is 42.2 Å². The average molecular weight is 342 g/mol. The highest BCUT2D eigenvalue weighted by Gasteiger charge is 2.44. The monoisotopic (exact) mass is 342 g/mol. The van der Waals surface area contributed by atoms with E-state index in [0.717, 1.165) is 17.7 Å². The first-order valence-corrected chi connectivity index (χ1v) is 9.15. The van der Waals surface area contributed by atoms with Gasteiger partial charge in [-0.2, -0.15) is 11.8 Å². The first kappa shape index (κ1) is 15.3. The van der Waals surface area contributed by atoms with Crippen LogP contribution in [0.3, 0.4) is 0 Å². The fourth-order valence-corrected chi connectivity index (χ4v) is 4.63. The number of nitrogens with one attached hydrogen (secondary N) is 1. The maximum absolute atomic E-state index is 13.0. The summed E-state index contributed by atoms with van der Waals surface area (Å²) in [6.45, 7) is 2.70. The zero-order valence-corrected chi connectivity index (χ0v) is 14.1. The summed E-state index contributed by atoms with van der Waals surface area (Å²) in [7, 11) is 0. The van der Waals surface area contributed by atoms with E-state index in [9.17, 15) is 9.59 Å². The van der Waals surface area contributed by atoms with Crippen LogP contribution in [0.15, 0.2) is 41.0 Å². The Kier molecular flexibility index (Phi) is 3.84. The summed E-state index contributed by atoms with van der Waals surface area (Å²) >= 11 is 1.75. The molecule has 1 aromatic carbocycles. The number of benzene rings is 1. The molecule has 0 aliphatic carbocycles. The predicted octanol–water partition coefficient (Wildman–Crippen LogP) is 3.23. The van der Waals surface area contributed by atoms with Crippen LogP contribution in [0.1, 0.15) is 23.7 Å². The van der Waals surface area contributed by atoms with Gasteiger partial charge in [-0.25, -0.2) is 0 Å². The Balaban J connectivity index is 1.74. The lowest BCUT2D eigenvalue weighted by molar-refractivity contribution is -0.119. The molecule has 0 radical (unpaired) electrons. The molecular weight excluding hydrogens is 324 g/mol. The molecule has 5 nitrogen and oxygen atoms in total. The van der Waals surface area contributed by atoms with E-state index in [-0.39, 0.29) is 23.1 Å². The van der Waals surface area contributed by atoms with Crippen LogP contribution in [0.2, 0.25) is 0 Å². The van der Waals surface area contributed by atoms with Crippen molar-refractivity contribution in [1.29, 1.82) is 0 Å². The number of amides is 2. The van der Waals surface area contributed by atoms with Gasteiger partial charge in [-0.3, -0.25) is 9.59 Å². The van der Waals surface area contributed by atoms with Gasteiger partial charge < -0.3 is 14.6 Å². The van der Waals surface area contributed by atoms with Crippen LogP contribution in [-0.4, -0.2) is 40.3 Å². The smallest absolute Gasteiger partial charge is 0.256 e. The van der Waals surface area contributed by atoms with Crippen LogP contribution in [0, 0.1) is 0 Å². The van der Waals surface area contributed by atoms with E-state index in [1.807, 2.05) is 18.2 Å². The van der Waals surface area contributed by atoms with Crippen molar-refractivity contribution in [3.63, 3.8) is 0 Å². The quantitative estimate of drug-likeness (QED) is 0.930. The van der Waals surface area contributed by atoms with E-state index in [1.54, 1.807) is 35.1 Å². The summed E-state index contributed by atoms with van der Waals surface area (Å²) in [5, 5.41) is 3.10. The number of hydrogen-bond donors (Lipinski definition) is 1. The van der Waals surface area contributed by atoms with Crippen LogP contribution in [0.5, 0.6) is 0 Å². The Morgan fingerprint density at radius 2 is 2.21 bits per heavy atom. The Labute approximate surface area is 144 Å². The molecule has 1 aromatic heterocycles. The molecule has 2 atom stereocenters. The molecule has 2 aromatic rings. The molecule has 2 amide bonds. The maximum atomic E-state index is 13.0. The van der Waals surface area contributed by atoms with Crippen molar-refractivity contribution < 1.29 is 14.0 Å². The molecule has 1 N–H and O–H groups in total. The van der Waals surface area contributed by atoms with E-state index in [4.69, 9.17) is 4.42 Å². The molecule has 0 bridgehead atoms. The summed E-state index contributed by atoms with van der Waals surface area (Å²) in [4.78, 5) is 27.4. The molecule has 0 unspecified atom stereocenters. The van der Waals surface area contributed by atoms with Crippen LogP contribution in [0.4, 0.5) is 5.69 Å². The van der Waals surface area contributed by atoms with Crippen LogP contribution < -0.4 is 5.32 Å². The number of carbonyl (C=O) groups is 2. The minimum Gasteiger partial charge on any atom is -0.464 e. The normalized spacial score (nSPS) is 22.8. The maximum Gasteiger partial charge on any atom is 0.256 e. The lowest BCUT2D eigenvalue weighted by atomic mass is 10.1. The third kappa shape index (κ3) is 2.41. The van der Waals surface area contributed by atoms with Crippen molar-refractivity contribution >= 4 is 29.3 Å². The molecule has 1 saturated heterocycles. The average Bonchev–Trinajstić information content (AvgIpc) is 3.22. The summed E-state index contributed by atoms with van der Waals surface area (Å²) in [5.41, 5.74) is 1.94. The molecule has 2 aliphatic rings. The Morgan fingerprint density at radius 1 is 1.33 bits per heavy atom.